The number of hydrogen-bond donors (Lipinski definition) is 0. The second kappa shape index (κ2) is 5.12. The van der Waals surface area contributed by atoms with Crippen LogP contribution in [-0.2, 0) is 9.53 Å². The van der Waals surface area contributed by atoms with Crippen LogP contribution in [0.15, 0.2) is 24.3 Å². The van der Waals surface area contributed by atoms with E-state index >= 15 is 0 Å². The quantitative estimate of drug-likeness (QED) is 0.471. The topological polar surface area (TPSA) is 69.4 Å². The highest BCUT2D eigenvalue weighted by molar-refractivity contribution is 5.66. The maximum absolute atomic E-state index is 12.8. The molecular weight excluding hydrogens is 241 g/mol. The van der Waals surface area contributed by atoms with Crippen molar-refractivity contribution in [3.8, 4) is 0 Å². The van der Waals surface area contributed by atoms with Gasteiger partial charge in [-0.3, -0.25) is 14.9 Å². The zero-order chi connectivity index (χ0) is 13.9. The first kappa shape index (κ1) is 14.1. The van der Waals surface area contributed by atoms with Crippen LogP contribution in [0.2, 0.25) is 0 Å². The van der Waals surface area contributed by atoms with Crippen molar-refractivity contribution < 1.29 is 18.8 Å². The largest absolute Gasteiger partial charge is 0.450 e. The Hall–Kier alpha value is -1.98. The van der Waals surface area contributed by atoms with Crippen molar-refractivity contribution in [3.63, 3.8) is 0 Å². The molecule has 6 heteroatoms. The SMILES string of the molecule is CC(=O)O[C@H](c1ccc(F)cc1)C(C)(C)[N+](=O)[O-]. The van der Waals surface area contributed by atoms with Gasteiger partial charge in [-0.1, -0.05) is 12.1 Å². The molecule has 1 aromatic rings. The third-order valence-corrected chi connectivity index (χ3v) is 2.57. The van der Waals surface area contributed by atoms with Crippen LogP contribution in [0.3, 0.4) is 0 Å². The van der Waals surface area contributed by atoms with E-state index in [2.05, 4.69) is 0 Å². The summed E-state index contributed by atoms with van der Waals surface area (Å²) in [6.07, 6.45) is -1.06. The second-order valence-electron chi connectivity index (χ2n) is 4.45. The Balaban J connectivity index is 3.17. The number of benzene rings is 1. The zero-order valence-electron chi connectivity index (χ0n) is 10.3. The van der Waals surface area contributed by atoms with E-state index in [-0.39, 0.29) is 0 Å². The maximum Gasteiger partial charge on any atom is 0.303 e. The van der Waals surface area contributed by atoms with Gasteiger partial charge < -0.3 is 4.74 Å². The summed E-state index contributed by atoms with van der Waals surface area (Å²) in [5.74, 6) is -1.08. The summed E-state index contributed by atoms with van der Waals surface area (Å²) in [7, 11) is 0. The summed E-state index contributed by atoms with van der Waals surface area (Å²) in [4.78, 5) is 21.5. The van der Waals surface area contributed by atoms with Crippen molar-refractivity contribution >= 4 is 5.97 Å². The van der Waals surface area contributed by atoms with Crippen LogP contribution >= 0.6 is 0 Å². The molecule has 0 spiro atoms. The average Bonchev–Trinajstić information content (AvgIpc) is 2.26. The second-order valence-corrected chi connectivity index (χ2v) is 4.45. The molecule has 0 saturated carbocycles. The molecule has 0 aliphatic heterocycles. The Morgan fingerprint density at radius 2 is 1.89 bits per heavy atom. The van der Waals surface area contributed by atoms with Crippen LogP contribution in [0.1, 0.15) is 32.4 Å². The Morgan fingerprint density at radius 1 is 1.39 bits per heavy atom. The van der Waals surface area contributed by atoms with Crippen LogP contribution in [0.25, 0.3) is 0 Å². The van der Waals surface area contributed by atoms with Crippen molar-refractivity contribution in [2.24, 2.45) is 0 Å². The molecule has 0 aliphatic rings. The third-order valence-electron chi connectivity index (χ3n) is 2.57. The monoisotopic (exact) mass is 255 g/mol. The van der Waals surface area contributed by atoms with Crippen LogP contribution in [0.5, 0.6) is 0 Å². The van der Waals surface area contributed by atoms with Gasteiger partial charge in [0.15, 0.2) is 6.10 Å². The van der Waals surface area contributed by atoms with E-state index in [4.69, 9.17) is 4.74 Å². The molecule has 0 N–H and O–H groups in total. The number of halogens is 1. The molecule has 0 aromatic heterocycles. The first-order chi connectivity index (χ1) is 8.25. The minimum Gasteiger partial charge on any atom is -0.450 e. The predicted octanol–water partition coefficient (Wildman–Crippen LogP) is 2.49. The van der Waals surface area contributed by atoms with E-state index < -0.39 is 28.4 Å². The molecule has 0 amide bonds. The molecule has 0 saturated heterocycles. The maximum atomic E-state index is 12.8. The molecule has 98 valence electrons. The van der Waals surface area contributed by atoms with Gasteiger partial charge in [0.2, 0.25) is 0 Å². The summed E-state index contributed by atoms with van der Waals surface area (Å²) in [5, 5.41) is 11.0. The van der Waals surface area contributed by atoms with Gasteiger partial charge in [-0.05, 0) is 17.7 Å². The standard InChI is InChI=1S/C12H14FNO4/c1-8(15)18-11(12(2,3)14(16)17)9-4-6-10(13)7-5-9/h4-7,11H,1-3H3/t11-/m1/s1. The number of ether oxygens (including phenoxy) is 1. The number of carbonyl (C=O) groups is 1. The first-order valence-corrected chi connectivity index (χ1v) is 5.32. The fourth-order valence-electron chi connectivity index (χ4n) is 1.52. The zero-order valence-corrected chi connectivity index (χ0v) is 10.3. The Morgan fingerprint density at radius 3 is 2.28 bits per heavy atom. The van der Waals surface area contributed by atoms with Gasteiger partial charge in [0.25, 0.3) is 5.54 Å². The third kappa shape index (κ3) is 3.03. The molecule has 1 atom stereocenters. The molecule has 0 fully saturated rings. The van der Waals surface area contributed by atoms with Crippen LogP contribution in [0, 0.1) is 15.9 Å². The highest BCUT2D eigenvalue weighted by Gasteiger charge is 2.44. The lowest BCUT2D eigenvalue weighted by molar-refractivity contribution is -0.574. The smallest absolute Gasteiger partial charge is 0.303 e. The van der Waals surface area contributed by atoms with E-state index in [0.717, 1.165) is 0 Å². The average molecular weight is 255 g/mol. The van der Waals surface area contributed by atoms with Gasteiger partial charge in [0.1, 0.15) is 5.82 Å². The van der Waals surface area contributed by atoms with Gasteiger partial charge >= 0.3 is 5.97 Å². The van der Waals surface area contributed by atoms with Crippen molar-refractivity contribution in [3.05, 3.63) is 45.8 Å². The molecule has 0 radical (unpaired) electrons. The highest BCUT2D eigenvalue weighted by atomic mass is 19.1. The fourth-order valence-corrected chi connectivity index (χ4v) is 1.52. The number of nitrogens with zero attached hydrogens (tertiary/aromatic N) is 1. The molecule has 0 unspecified atom stereocenters. The molecule has 5 nitrogen and oxygen atoms in total. The van der Waals surface area contributed by atoms with E-state index in [1.165, 1.54) is 45.0 Å². The van der Waals surface area contributed by atoms with Gasteiger partial charge in [0, 0.05) is 25.7 Å². The van der Waals surface area contributed by atoms with Crippen LogP contribution < -0.4 is 0 Å². The van der Waals surface area contributed by atoms with E-state index in [9.17, 15) is 19.3 Å². The minimum absolute atomic E-state index is 0.383. The highest BCUT2D eigenvalue weighted by Crippen LogP contribution is 2.32. The Labute approximate surface area is 104 Å². The molecule has 0 bridgehead atoms. The van der Waals surface area contributed by atoms with Crippen molar-refractivity contribution in [2.75, 3.05) is 0 Å². The Bertz CT molecular complexity index is 456. The fraction of sp³-hybridized carbons (Fsp3) is 0.417. The van der Waals surface area contributed by atoms with Gasteiger partial charge in [-0.15, -0.1) is 0 Å². The van der Waals surface area contributed by atoms with E-state index in [0.29, 0.717) is 5.56 Å². The molecule has 18 heavy (non-hydrogen) atoms. The molecular formula is C12H14FNO4. The van der Waals surface area contributed by atoms with Crippen molar-refractivity contribution in [2.45, 2.75) is 32.4 Å². The number of rotatable bonds is 4. The molecule has 0 aliphatic carbocycles. The minimum atomic E-state index is -1.50. The summed E-state index contributed by atoms with van der Waals surface area (Å²) < 4.78 is 17.8. The normalized spacial score (nSPS) is 12.9. The first-order valence-electron chi connectivity index (χ1n) is 5.32. The summed E-state index contributed by atoms with van der Waals surface area (Å²) in [6, 6.07) is 5.08. The molecule has 0 heterocycles. The summed E-state index contributed by atoms with van der Waals surface area (Å²) in [5.41, 5.74) is -1.11. The number of hydrogen-bond acceptors (Lipinski definition) is 4. The number of carbonyl (C=O) groups excluding carboxylic acids is 1. The van der Waals surface area contributed by atoms with Crippen molar-refractivity contribution in [1.82, 2.24) is 0 Å². The predicted molar refractivity (Wildman–Crippen MR) is 62.0 cm³/mol. The summed E-state index contributed by atoms with van der Waals surface area (Å²) >= 11 is 0. The van der Waals surface area contributed by atoms with E-state index in [1.54, 1.807) is 0 Å². The van der Waals surface area contributed by atoms with Gasteiger partial charge in [-0.25, -0.2) is 4.39 Å². The number of esters is 1. The molecule has 1 rings (SSSR count). The van der Waals surface area contributed by atoms with Crippen molar-refractivity contribution in [1.29, 1.82) is 0 Å². The van der Waals surface area contributed by atoms with E-state index in [1.807, 2.05) is 0 Å². The van der Waals surface area contributed by atoms with Crippen LogP contribution in [-0.4, -0.2) is 16.4 Å². The Kier molecular flexibility index (Phi) is 4.00. The lowest BCUT2D eigenvalue weighted by atomic mass is 9.92. The molecule has 1 aromatic carbocycles. The lowest BCUT2D eigenvalue weighted by Gasteiger charge is -2.26. The summed E-state index contributed by atoms with van der Waals surface area (Å²) in [6.45, 7) is 3.88. The van der Waals surface area contributed by atoms with Gasteiger partial charge in [0.05, 0.1) is 0 Å². The van der Waals surface area contributed by atoms with Crippen LogP contribution in [0.4, 0.5) is 4.39 Å². The lowest BCUT2D eigenvalue weighted by Crippen LogP contribution is -2.40. The number of nitro groups is 1. The van der Waals surface area contributed by atoms with Gasteiger partial charge in [-0.2, -0.15) is 0 Å².